The lowest BCUT2D eigenvalue weighted by Crippen LogP contribution is -2.40. The maximum absolute atomic E-state index is 13.2. The predicted molar refractivity (Wildman–Crippen MR) is 266 cm³/mol. The fourth-order valence-electron chi connectivity index (χ4n) is 7.13. The van der Waals surface area contributed by atoms with Crippen molar-refractivity contribution >= 4 is 52.5 Å². The van der Waals surface area contributed by atoms with Crippen LogP contribution in [0, 0.1) is 0 Å². The van der Waals surface area contributed by atoms with Gasteiger partial charge in [-0.3, -0.25) is 9.59 Å². The molecule has 5 rings (SSSR count). The number of aromatic nitrogens is 4. The molecule has 1 aliphatic heterocycles. The maximum atomic E-state index is 13.2. The predicted octanol–water partition coefficient (Wildman–Crippen LogP) is 6.79. The first-order chi connectivity index (χ1) is 34.8. The lowest BCUT2D eigenvalue weighted by molar-refractivity contribution is -0.145. The maximum Gasteiger partial charge on any atom is 0.407 e. The number of piperidine rings is 1. The fourth-order valence-corrected chi connectivity index (χ4v) is 7.32. The summed E-state index contributed by atoms with van der Waals surface area (Å²) in [6.07, 6.45) is 12.9. The molecule has 1 saturated heterocycles. The van der Waals surface area contributed by atoms with Crippen LogP contribution >= 0.6 is 11.6 Å². The van der Waals surface area contributed by atoms with E-state index in [0.29, 0.717) is 86.7 Å². The van der Waals surface area contributed by atoms with Crippen molar-refractivity contribution in [1.29, 1.82) is 0 Å². The Bertz CT molecular complexity index is 2250. The van der Waals surface area contributed by atoms with Crippen LogP contribution in [0.5, 0.6) is 11.5 Å². The third kappa shape index (κ3) is 21.3. The molecule has 386 valence electrons. The molecule has 20 nitrogen and oxygen atoms in total. The van der Waals surface area contributed by atoms with Gasteiger partial charge in [0.2, 0.25) is 5.91 Å². The van der Waals surface area contributed by atoms with Crippen molar-refractivity contribution in [2.75, 3.05) is 110 Å². The first kappa shape index (κ1) is 55.6. The number of para-hydroxylation sites is 1. The molecule has 0 saturated carbocycles. The van der Waals surface area contributed by atoms with Gasteiger partial charge in [-0.2, -0.15) is 5.10 Å². The minimum Gasteiger partial charge on any atom is -0.463 e. The number of amides is 3. The number of carbonyl (C=O) groups excluding carboxylic acids is 4. The molecule has 2 aromatic heterocycles. The highest BCUT2D eigenvalue weighted by Crippen LogP contribution is 2.35. The van der Waals surface area contributed by atoms with Gasteiger partial charge < -0.3 is 59.2 Å². The average molecular weight is 1010 g/mol. The molecule has 1 fully saturated rings. The number of alkyl carbamates (subject to hydrolysis) is 2. The molecule has 4 N–H and O–H groups in total. The number of nitrogens with zero attached hydrogens (tertiary/aromatic N) is 5. The number of hydrogen-bond acceptors (Lipinski definition) is 16. The zero-order valence-corrected chi connectivity index (χ0v) is 41.0. The number of alkyl halides is 1. The summed E-state index contributed by atoms with van der Waals surface area (Å²) in [5.74, 6) is 1.92. The van der Waals surface area contributed by atoms with E-state index < -0.39 is 12.2 Å². The van der Waals surface area contributed by atoms with E-state index in [4.69, 9.17) is 60.3 Å². The van der Waals surface area contributed by atoms with Crippen LogP contribution in [-0.4, -0.2) is 153 Å². The Morgan fingerprint density at radius 1 is 0.718 bits per heavy atom. The topological polar surface area (TPSA) is 239 Å². The van der Waals surface area contributed by atoms with Gasteiger partial charge in [-0.1, -0.05) is 37.1 Å². The Morgan fingerprint density at radius 2 is 1.38 bits per heavy atom. The van der Waals surface area contributed by atoms with E-state index in [9.17, 15) is 19.2 Å². The van der Waals surface area contributed by atoms with Crippen molar-refractivity contribution in [3.8, 4) is 22.8 Å². The highest BCUT2D eigenvalue weighted by Gasteiger charge is 2.28. The molecular formula is C50H67ClN8O12. The Morgan fingerprint density at radius 3 is 2.13 bits per heavy atom. The molecular weight excluding hydrogens is 940 g/mol. The molecule has 4 aromatic rings. The first-order valence-corrected chi connectivity index (χ1v) is 24.6. The highest BCUT2D eigenvalue weighted by molar-refractivity contribution is 6.17. The van der Waals surface area contributed by atoms with Gasteiger partial charge in [0, 0.05) is 63.3 Å². The molecule has 1 atom stereocenters. The van der Waals surface area contributed by atoms with E-state index in [0.717, 1.165) is 56.4 Å². The monoisotopic (exact) mass is 1010 g/mol. The minimum atomic E-state index is -0.677. The number of nitrogen functional groups attached to an aromatic ring is 1. The molecule has 0 aliphatic carbocycles. The van der Waals surface area contributed by atoms with Gasteiger partial charge in [0.1, 0.15) is 49.2 Å². The van der Waals surface area contributed by atoms with Crippen molar-refractivity contribution in [3.63, 3.8) is 0 Å². The number of ether oxygens (including phenoxy) is 8. The number of nitrogens with two attached hydrogens (primary N) is 1. The fraction of sp³-hybridized carbons (Fsp3) is 0.500. The molecule has 3 amide bonds. The van der Waals surface area contributed by atoms with E-state index in [-0.39, 0.29) is 70.5 Å². The number of benzene rings is 2. The molecule has 21 heteroatoms. The van der Waals surface area contributed by atoms with E-state index in [1.54, 1.807) is 11.0 Å². The van der Waals surface area contributed by atoms with Gasteiger partial charge in [0.25, 0.3) is 0 Å². The number of anilines is 1. The van der Waals surface area contributed by atoms with Crippen molar-refractivity contribution in [3.05, 3.63) is 85.2 Å². The molecule has 1 aliphatic rings. The van der Waals surface area contributed by atoms with E-state index in [1.807, 2.05) is 59.3 Å². The lowest BCUT2D eigenvalue weighted by Gasteiger charge is -2.32. The summed E-state index contributed by atoms with van der Waals surface area (Å²) in [4.78, 5) is 59.6. The van der Waals surface area contributed by atoms with Gasteiger partial charge in [-0.15, -0.1) is 11.6 Å². The molecule has 3 heterocycles. The molecule has 0 bridgehead atoms. The number of esters is 1. The third-order valence-electron chi connectivity index (χ3n) is 10.7. The van der Waals surface area contributed by atoms with Gasteiger partial charge in [0.15, 0.2) is 5.65 Å². The van der Waals surface area contributed by atoms with Gasteiger partial charge >= 0.3 is 18.2 Å². The molecule has 0 spiro atoms. The standard InChI is InChI=1S/C50H67ClN8O12/c51-22-6-1-2-7-26-64-31-32-65-27-12-17-44(61)68-36-35-67-34-33-66-30-24-54-50(63)70-29-9-8-28-69-49(62)53-23-10-16-43(60)58-25-11-13-40(37-58)59-48-45(47(52)55-38-56-48)46(57-59)39-18-20-42(21-19-39)71-41-14-4-3-5-15-41/h3-5,8-10,14-16,18-21,38,40H,1-2,6-7,11-13,17,22-37H2,(H,53,62)(H,54,63)(H2,52,55,56)/b9-8-,16-10+/t40-/m1/s1. The van der Waals surface area contributed by atoms with Crippen LogP contribution < -0.4 is 21.1 Å². The Kier molecular flexibility index (Phi) is 26.1. The number of rotatable bonds is 33. The average Bonchev–Trinajstić information content (AvgIpc) is 3.78. The quantitative estimate of drug-likeness (QED) is 0.0111. The summed E-state index contributed by atoms with van der Waals surface area (Å²) < 4.78 is 44.9. The van der Waals surface area contributed by atoms with Crippen molar-refractivity contribution in [2.24, 2.45) is 0 Å². The number of carbonyl (C=O) groups is 4. The largest absolute Gasteiger partial charge is 0.463 e. The molecule has 0 unspecified atom stereocenters. The van der Waals surface area contributed by atoms with E-state index in [2.05, 4.69) is 20.6 Å². The highest BCUT2D eigenvalue weighted by atomic mass is 35.5. The Balaban J connectivity index is 0.848. The third-order valence-corrected chi connectivity index (χ3v) is 11.0. The smallest absolute Gasteiger partial charge is 0.407 e. The van der Waals surface area contributed by atoms with E-state index >= 15 is 0 Å². The number of fused-ring (bicyclic) bond motifs is 1. The zero-order chi connectivity index (χ0) is 50.1. The van der Waals surface area contributed by atoms with Crippen LogP contribution in [0.25, 0.3) is 22.3 Å². The number of halogens is 1. The summed E-state index contributed by atoms with van der Waals surface area (Å²) in [5.41, 5.74) is 8.41. The van der Waals surface area contributed by atoms with Gasteiger partial charge in [-0.25, -0.2) is 24.2 Å². The van der Waals surface area contributed by atoms with Crippen LogP contribution in [0.3, 0.4) is 0 Å². The lowest BCUT2D eigenvalue weighted by atomic mass is 10.1. The summed E-state index contributed by atoms with van der Waals surface area (Å²) in [6.45, 7) is 4.67. The van der Waals surface area contributed by atoms with E-state index in [1.165, 1.54) is 24.6 Å². The summed E-state index contributed by atoms with van der Waals surface area (Å²) >= 11 is 5.66. The summed E-state index contributed by atoms with van der Waals surface area (Å²) in [6, 6.07) is 16.9. The second-order valence-corrected chi connectivity index (χ2v) is 16.4. The van der Waals surface area contributed by atoms with Crippen LogP contribution in [0.2, 0.25) is 0 Å². The van der Waals surface area contributed by atoms with Crippen LogP contribution in [0.1, 0.15) is 57.4 Å². The van der Waals surface area contributed by atoms with Gasteiger partial charge in [-0.05, 0) is 80.7 Å². The second kappa shape index (κ2) is 33.3. The van der Waals surface area contributed by atoms with Crippen molar-refractivity contribution < 1.29 is 57.1 Å². The first-order valence-electron chi connectivity index (χ1n) is 24.1. The zero-order valence-electron chi connectivity index (χ0n) is 40.2. The van der Waals surface area contributed by atoms with Crippen molar-refractivity contribution in [1.82, 2.24) is 35.3 Å². The van der Waals surface area contributed by atoms with Crippen molar-refractivity contribution in [2.45, 2.75) is 57.4 Å². The Labute approximate surface area is 419 Å². The van der Waals surface area contributed by atoms with Gasteiger partial charge in [0.05, 0.1) is 51.1 Å². The number of unbranched alkanes of at least 4 members (excludes halogenated alkanes) is 3. The number of likely N-dealkylation sites (tertiary alicyclic amines) is 1. The molecule has 2 aromatic carbocycles. The Hall–Kier alpha value is -6.32. The SMILES string of the molecule is Nc1ncnc2c1c(-c1ccc(Oc3ccccc3)cc1)nn2[C@@H]1CCCN(C(=O)/C=C/CNC(=O)OC/C=C\COC(=O)NCCOCCOCCOC(=O)CCCOCCOCCCCCCCl)C1. The number of hydrogen-bond donors (Lipinski definition) is 3. The van der Waals surface area contributed by atoms with Crippen LogP contribution in [0.15, 0.2) is 85.2 Å². The van der Waals surface area contributed by atoms with Crippen LogP contribution in [-0.2, 0) is 42.7 Å². The normalized spacial score (nSPS) is 13.7. The second-order valence-electron chi connectivity index (χ2n) is 16.0. The number of nitrogens with one attached hydrogen (secondary N) is 2. The molecule has 0 radical (unpaired) electrons. The minimum absolute atomic E-state index is 0.0309. The molecule has 71 heavy (non-hydrogen) atoms. The summed E-state index contributed by atoms with van der Waals surface area (Å²) in [5, 5.41) is 10.7. The summed E-state index contributed by atoms with van der Waals surface area (Å²) in [7, 11) is 0. The van der Waals surface area contributed by atoms with Crippen LogP contribution in [0.4, 0.5) is 15.4 Å².